The van der Waals surface area contributed by atoms with Crippen molar-refractivity contribution in [3.8, 4) is 0 Å². The van der Waals surface area contributed by atoms with Crippen molar-refractivity contribution < 1.29 is 26.3 Å². The van der Waals surface area contributed by atoms with Crippen molar-refractivity contribution in [3.05, 3.63) is 28.8 Å². The van der Waals surface area contributed by atoms with Gasteiger partial charge in [-0.05, 0) is 18.2 Å². The summed E-state index contributed by atoms with van der Waals surface area (Å²) in [5.41, 5.74) is -1.19. The summed E-state index contributed by atoms with van der Waals surface area (Å²) >= 11 is 5.78. The number of alkyl halides is 3. The van der Waals surface area contributed by atoms with E-state index < -0.39 is 21.8 Å². The van der Waals surface area contributed by atoms with Gasteiger partial charge in [-0.2, -0.15) is 13.2 Å². The molecule has 0 saturated carbocycles. The smallest absolute Gasteiger partial charge is 0.384 e. The van der Waals surface area contributed by atoms with Crippen molar-refractivity contribution in [2.45, 2.75) is 6.18 Å². The molecule has 0 saturated heterocycles. The molecule has 0 fully saturated rings. The molecular formula is C11H13ClF3NO3S. The topological polar surface area (TPSA) is 46.6 Å². The van der Waals surface area contributed by atoms with E-state index in [4.69, 9.17) is 11.6 Å². The van der Waals surface area contributed by atoms with Gasteiger partial charge in [-0.1, -0.05) is 11.6 Å². The first kappa shape index (κ1) is 17.1. The second-order valence-electron chi connectivity index (χ2n) is 3.94. The van der Waals surface area contributed by atoms with E-state index in [1.165, 1.54) is 7.11 Å². The predicted octanol–water partition coefficient (Wildman–Crippen LogP) is 2.77. The quantitative estimate of drug-likeness (QED) is 0.833. The van der Waals surface area contributed by atoms with Crippen molar-refractivity contribution in [1.82, 2.24) is 0 Å². The number of nitrogens with zero attached hydrogens (tertiary/aromatic N) is 1. The standard InChI is InChI=1S/C11H13ClF3NO3S/c1-16(20(17,18)6-5-19-2)10-7-8(11(13,14)15)3-4-9(10)12/h3-4,7H,5-6H2,1-2H3. The molecule has 1 aromatic carbocycles. The predicted molar refractivity (Wildman–Crippen MR) is 70.5 cm³/mol. The van der Waals surface area contributed by atoms with Crippen LogP contribution in [0.5, 0.6) is 0 Å². The summed E-state index contributed by atoms with van der Waals surface area (Å²) in [4.78, 5) is 0. The number of hydrogen-bond donors (Lipinski definition) is 0. The number of ether oxygens (including phenoxy) is 1. The van der Waals surface area contributed by atoms with Crippen LogP contribution in [0.15, 0.2) is 18.2 Å². The zero-order valence-electron chi connectivity index (χ0n) is 10.7. The van der Waals surface area contributed by atoms with E-state index in [0.29, 0.717) is 6.07 Å². The van der Waals surface area contributed by atoms with Crippen LogP contribution in [0.4, 0.5) is 18.9 Å². The number of methoxy groups -OCH3 is 1. The highest BCUT2D eigenvalue weighted by Crippen LogP contribution is 2.35. The molecule has 4 nitrogen and oxygen atoms in total. The molecule has 1 rings (SSSR count). The lowest BCUT2D eigenvalue weighted by atomic mass is 10.2. The van der Waals surface area contributed by atoms with E-state index in [1.807, 2.05) is 0 Å². The van der Waals surface area contributed by atoms with E-state index in [9.17, 15) is 21.6 Å². The number of sulfonamides is 1. The molecule has 0 atom stereocenters. The fourth-order valence-corrected chi connectivity index (χ4v) is 2.80. The normalized spacial score (nSPS) is 12.5. The Hall–Kier alpha value is -0.990. The van der Waals surface area contributed by atoms with Gasteiger partial charge in [0, 0.05) is 14.2 Å². The summed E-state index contributed by atoms with van der Waals surface area (Å²) in [7, 11) is -1.33. The Morgan fingerprint density at radius 2 is 1.95 bits per heavy atom. The van der Waals surface area contributed by atoms with Crippen molar-refractivity contribution in [2.75, 3.05) is 30.8 Å². The molecule has 0 heterocycles. The van der Waals surface area contributed by atoms with Crippen LogP contribution in [-0.2, 0) is 20.9 Å². The van der Waals surface area contributed by atoms with Gasteiger partial charge in [-0.15, -0.1) is 0 Å². The third-order valence-corrected chi connectivity index (χ3v) is 4.61. The van der Waals surface area contributed by atoms with Crippen molar-refractivity contribution in [2.24, 2.45) is 0 Å². The Morgan fingerprint density at radius 3 is 2.45 bits per heavy atom. The van der Waals surface area contributed by atoms with Crippen LogP contribution in [0.25, 0.3) is 0 Å². The van der Waals surface area contributed by atoms with Gasteiger partial charge in [0.25, 0.3) is 0 Å². The van der Waals surface area contributed by atoms with Crippen LogP contribution in [0.2, 0.25) is 5.02 Å². The summed E-state index contributed by atoms with van der Waals surface area (Å²) in [5.74, 6) is -0.355. The molecule has 114 valence electrons. The van der Waals surface area contributed by atoms with Gasteiger partial charge in [0.15, 0.2) is 0 Å². The molecule has 20 heavy (non-hydrogen) atoms. The van der Waals surface area contributed by atoms with Crippen molar-refractivity contribution >= 4 is 27.3 Å². The minimum Gasteiger partial charge on any atom is -0.384 e. The molecule has 0 spiro atoms. The van der Waals surface area contributed by atoms with Gasteiger partial charge >= 0.3 is 6.18 Å². The molecule has 0 bridgehead atoms. The molecular weight excluding hydrogens is 319 g/mol. The Labute approximate surface area is 120 Å². The van der Waals surface area contributed by atoms with Crippen molar-refractivity contribution in [3.63, 3.8) is 0 Å². The molecule has 0 N–H and O–H groups in total. The third-order valence-electron chi connectivity index (χ3n) is 2.58. The third kappa shape index (κ3) is 4.00. The number of benzene rings is 1. The molecule has 0 amide bonds. The number of hydrogen-bond acceptors (Lipinski definition) is 3. The average molecular weight is 332 g/mol. The summed E-state index contributed by atoms with van der Waals surface area (Å²) in [5, 5.41) is -0.0820. The second kappa shape index (κ2) is 6.19. The van der Waals surface area contributed by atoms with Crippen LogP contribution in [-0.4, -0.2) is 34.9 Å². The van der Waals surface area contributed by atoms with Gasteiger partial charge in [-0.3, -0.25) is 4.31 Å². The van der Waals surface area contributed by atoms with Crippen LogP contribution in [0.3, 0.4) is 0 Å². The maximum absolute atomic E-state index is 12.6. The lowest BCUT2D eigenvalue weighted by Gasteiger charge is -2.21. The summed E-state index contributed by atoms with van der Waals surface area (Å²) < 4.78 is 67.1. The highest BCUT2D eigenvalue weighted by molar-refractivity contribution is 7.92. The molecule has 9 heteroatoms. The first-order valence-corrected chi connectivity index (χ1v) is 7.40. The summed E-state index contributed by atoms with van der Waals surface area (Å²) in [6.07, 6.45) is -4.57. The van der Waals surface area contributed by atoms with Crippen LogP contribution < -0.4 is 4.31 Å². The molecule has 1 aromatic rings. The lowest BCUT2D eigenvalue weighted by Crippen LogP contribution is -2.31. The molecule has 0 aromatic heterocycles. The second-order valence-corrected chi connectivity index (χ2v) is 6.47. The van der Waals surface area contributed by atoms with E-state index in [2.05, 4.69) is 4.74 Å². The molecule has 0 unspecified atom stereocenters. The molecule has 0 aliphatic carbocycles. The van der Waals surface area contributed by atoms with Gasteiger partial charge in [0.1, 0.15) is 0 Å². The Kier molecular flexibility index (Phi) is 5.28. The SMILES string of the molecule is COCCS(=O)(=O)N(C)c1cc(C(F)(F)F)ccc1Cl. The minimum absolute atomic E-state index is 0.0662. The van der Waals surface area contributed by atoms with E-state index in [-0.39, 0.29) is 23.1 Å². The summed E-state index contributed by atoms with van der Waals surface area (Å²) in [6.45, 7) is -0.0662. The summed E-state index contributed by atoms with van der Waals surface area (Å²) in [6, 6.07) is 2.51. The number of halogens is 4. The fourth-order valence-electron chi connectivity index (χ4n) is 1.41. The minimum atomic E-state index is -4.57. The Bertz CT molecular complexity index is 575. The lowest BCUT2D eigenvalue weighted by molar-refractivity contribution is -0.137. The first-order valence-electron chi connectivity index (χ1n) is 5.42. The van der Waals surface area contributed by atoms with Crippen LogP contribution in [0, 0.1) is 0 Å². The first-order chi connectivity index (χ1) is 9.09. The maximum Gasteiger partial charge on any atom is 0.416 e. The number of rotatable bonds is 5. The van der Waals surface area contributed by atoms with E-state index >= 15 is 0 Å². The zero-order valence-corrected chi connectivity index (χ0v) is 12.3. The zero-order chi connectivity index (χ0) is 15.6. The monoisotopic (exact) mass is 331 g/mol. The maximum atomic E-state index is 12.6. The Morgan fingerprint density at radius 1 is 1.35 bits per heavy atom. The fraction of sp³-hybridized carbons (Fsp3) is 0.455. The highest BCUT2D eigenvalue weighted by Gasteiger charge is 2.32. The highest BCUT2D eigenvalue weighted by atomic mass is 35.5. The number of anilines is 1. The van der Waals surface area contributed by atoms with Gasteiger partial charge in [-0.25, -0.2) is 8.42 Å². The van der Waals surface area contributed by atoms with Crippen LogP contribution >= 0.6 is 11.6 Å². The Balaban J connectivity index is 3.19. The van der Waals surface area contributed by atoms with E-state index in [0.717, 1.165) is 23.5 Å². The molecule has 0 aliphatic heterocycles. The van der Waals surface area contributed by atoms with E-state index in [1.54, 1.807) is 0 Å². The van der Waals surface area contributed by atoms with Crippen molar-refractivity contribution in [1.29, 1.82) is 0 Å². The largest absolute Gasteiger partial charge is 0.416 e. The van der Waals surface area contributed by atoms with Crippen LogP contribution in [0.1, 0.15) is 5.56 Å². The van der Waals surface area contributed by atoms with Gasteiger partial charge in [0.05, 0.1) is 28.6 Å². The molecule has 0 aliphatic rings. The van der Waals surface area contributed by atoms with Gasteiger partial charge < -0.3 is 4.74 Å². The van der Waals surface area contributed by atoms with Gasteiger partial charge in [0.2, 0.25) is 10.0 Å². The molecule has 0 radical (unpaired) electrons. The average Bonchev–Trinajstić information content (AvgIpc) is 2.34.